The number of pyridine rings is 1. The van der Waals surface area contributed by atoms with Gasteiger partial charge >= 0.3 is 11.9 Å². The number of nitrogens with zero attached hydrogens (tertiary/aromatic N) is 3. The van der Waals surface area contributed by atoms with E-state index >= 15 is 0 Å². The van der Waals surface area contributed by atoms with Gasteiger partial charge in [-0.05, 0) is 49.1 Å². The van der Waals surface area contributed by atoms with E-state index in [9.17, 15) is 18.0 Å². The van der Waals surface area contributed by atoms with Gasteiger partial charge in [-0.1, -0.05) is 18.2 Å². The Morgan fingerprint density at radius 1 is 1.07 bits per heavy atom. The first-order chi connectivity index (χ1) is 13.9. The van der Waals surface area contributed by atoms with Gasteiger partial charge in [0.05, 0.1) is 17.8 Å². The number of aromatic nitrogens is 3. The highest BCUT2D eigenvalue weighted by molar-refractivity contribution is 7.98. The van der Waals surface area contributed by atoms with E-state index in [1.807, 2.05) is 18.2 Å². The molecule has 29 heavy (non-hydrogen) atoms. The molecule has 0 atom stereocenters. The first kappa shape index (κ1) is 19.7. The molecule has 0 spiro atoms. The Balaban J connectivity index is 1.55. The summed E-state index contributed by atoms with van der Waals surface area (Å²) < 4.78 is 39.8. The monoisotopic (exact) mass is 417 g/mol. The molecule has 0 saturated carbocycles. The number of halogens is 3. The number of benzene rings is 1. The summed E-state index contributed by atoms with van der Waals surface area (Å²) in [4.78, 5) is 21.2. The smallest absolute Gasteiger partial charge is 0.290 e. The van der Waals surface area contributed by atoms with E-state index in [0.29, 0.717) is 17.3 Å². The molecule has 0 fully saturated rings. The van der Waals surface area contributed by atoms with Gasteiger partial charge in [-0.3, -0.25) is 9.55 Å². The molecule has 150 valence electrons. The highest BCUT2D eigenvalue weighted by Crippen LogP contribution is 2.33. The van der Waals surface area contributed by atoms with Gasteiger partial charge < -0.3 is 0 Å². The average molecular weight is 417 g/mol. The summed E-state index contributed by atoms with van der Waals surface area (Å²) in [5.74, 6) is 0.460. The normalized spacial score (nSPS) is 13.5. The van der Waals surface area contributed by atoms with Crippen LogP contribution in [0.3, 0.4) is 0 Å². The summed E-state index contributed by atoms with van der Waals surface area (Å²) in [6, 6.07) is 10.7. The molecule has 3 aromatic rings. The van der Waals surface area contributed by atoms with Gasteiger partial charge in [0.15, 0.2) is 0 Å². The average Bonchev–Trinajstić information content (AvgIpc) is 3.19. The number of hydrogen-bond acceptors (Lipinski definition) is 4. The zero-order valence-electron chi connectivity index (χ0n) is 15.4. The maximum absolute atomic E-state index is 12.7. The van der Waals surface area contributed by atoms with E-state index in [1.54, 1.807) is 10.8 Å². The van der Waals surface area contributed by atoms with Crippen LogP contribution in [-0.2, 0) is 31.3 Å². The summed E-state index contributed by atoms with van der Waals surface area (Å²) >= 11 is 1.40. The summed E-state index contributed by atoms with van der Waals surface area (Å²) in [5, 5.41) is 0.680. The van der Waals surface area contributed by atoms with Crippen molar-refractivity contribution in [2.24, 2.45) is 0 Å². The standard InChI is InChI=1S/C21H18F3N3OS/c22-21(23,24)15-9-7-14(8-10-15)13-29-19-17-5-3-6-18(17)27(20(28)26-19)12-16-4-1-2-11-25-16/h1-2,4,7-11H,3,5-6,12-13H2. The lowest BCUT2D eigenvalue weighted by Crippen LogP contribution is -2.28. The van der Waals surface area contributed by atoms with Gasteiger partial charge in [0.25, 0.3) is 0 Å². The molecule has 1 aromatic carbocycles. The van der Waals surface area contributed by atoms with Gasteiger partial charge in [-0.25, -0.2) is 4.79 Å². The predicted octanol–water partition coefficient (Wildman–Crippen LogP) is 4.49. The number of hydrogen-bond donors (Lipinski definition) is 0. The minimum Gasteiger partial charge on any atom is -0.290 e. The third-order valence-electron chi connectivity index (χ3n) is 4.90. The molecule has 0 unspecified atom stereocenters. The summed E-state index contributed by atoms with van der Waals surface area (Å²) in [6.45, 7) is 0.388. The maximum Gasteiger partial charge on any atom is 0.416 e. The van der Waals surface area contributed by atoms with E-state index in [0.717, 1.165) is 53.9 Å². The molecular weight excluding hydrogens is 399 g/mol. The quantitative estimate of drug-likeness (QED) is 0.454. The fraction of sp³-hybridized carbons (Fsp3) is 0.286. The van der Waals surface area contributed by atoms with E-state index in [1.165, 1.54) is 23.9 Å². The molecule has 0 N–H and O–H groups in total. The van der Waals surface area contributed by atoms with Crippen molar-refractivity contribution < 1.29 is 13.2 Å². The molecule has 4 rings (SSSR count). The number of fused-ring (bicyclic) bond motifs is 1. The second-order valence-corrected chi connectivity index (χ2v) is 7.83. The Kier molecular flexibility index (Phi) is 5.45. The molecule has 0 saturated heterocycles. The third-order valence-corrected chi connectivity index (χ3v) is 5.99. The van der Waals surface area contributed by atoms with Crippen LogP contribution in [0.1, 0.15) is 34.5 Å². The minimum atomic E-state index is -4.34. The highest BCUT2D eigenvalue weighted by atomic mass is 32.2. The van der Waals surface area contributed by atoms with Crippen molar-refractivity contribution in [2.75, 3.05) is 0 Å². The maximum atomic E-state index is 12.7. The lowest BCUT2D eigenvalue weighted by atomic mass is 10.1. The molecule has 0 aliphatic heterocycles. The van der Waals surface area contributed by atoms with Crippen molar-refractivity contribution >= 4 is 11.8 Å². The van der Waals surface area contributed by atoms with Crippen molar-refractivity contribution in [3.63, 3.8) is 0 Å². The minimum absolute atomic E-state index is 0.314. The lowest BCUT2D eigenvalue weighted by molar-refractivity contribution is -0.137. The zero-order chi connectivity index (χ0) is 20.4. The van der Waals surface area contributed by atoms with Gasteiger partial charge in [0.1, 0.15) is 5.03 Å². The van der Waals surface area contributed by atoms with Crippen molar-refractivity contribution in [2.45, 2.75) is 42.8 Å². The first-order valence-electron chi connectivity index (χ1n) is 9.23. The van der Waals surface area contributed by atoms with Gasteiger partial charge in [-0.15, -0.1) is 11.8 Å². The Morgan fingerprint density at radius 2 is 1.86 bits per heavy atom. The number of rotatable bonds is 5. The van der Waals surface area contributed by atoms with E-state index < -0.39 is 11.7 Å². The summed E-state index contributed by atoms with van der Waals surface area (Å²) in [6.07, 6.45) is -0.0288. The lowest BCUT2D eigenvalue weighted by Gasteiger charge is -2.14. The summed E-state index contributed by atoms with van der Waals surface area (Å²) in [5.41, 5.74) is 2.64. The van der Waals surface area contributed by atoms with Crippen LogP contribution in [0.5, 0.6) is 0 Å². The Labute approximate surface area is 169 Å². The molecule has 2 aromatic heterocycles. The third kappa shape index (κ3) is 4.37. The van der Waals surface area contributed by atoms with E-state index in [4.69, 9.17) is 0 Å². The SMILES string of the molecule is O=c1nc(SCc2ccc(C(F)(F)F)cc2)c2c(n1Cc1ccccn1)CCC2. The van der Waals surface area contributed by atoms with Crippen LogP contribution in [0.15, 0.2) is 58.5 Å². The molecule has 2 heterocycles. The van der Waals surface area contributed by atoms with Crippen LogP contribution in [0.25, 0.3) is 0 Å². The number of thioether (sulfide) groups is 1. The van der Waals surface area contributed by atoms with Gasteiger partial charge in [-0.2, -0.15) is 18.2 Å². The molecule has 8 heteroatoms. The molecule has 0 bridgehead atoms. The molecule has 1 aliphatic rings. The Bertz CT molecular complexity index is 1060. The fourth-order valence-electron chi connectivity index (χ4n) is 3.46. The van der Waals surface area contributed by atoms with Crippen molar-refractivity contribution in [3.05, 3.63) is 87.2 Å². The van der Waals surface area contributed by atoms with Crippen molar-refractivity contribution in [3.8, 4) is 0 Å². The largest absolute Gasteiger partial charge is 0.416 e. The number of alkyl halides is 3. The highest BCUT2D eigenvalue weighted by Gasteiger charge is 2.30. The van der Waals surface area contributed by atoms with E-state index in [2.05, 4.69) is 9.97 Å². The van der Waals surface area contributed by atoms with Crippen LogP contribution in [0, 0.1) is 0 Å². The second kappa shape index (κ2) is 8.02. The second-order valence-electron chi connectivity index (χ2n) is 6.87. The Hall–Kier alpha value is -2.61. The van der Waals surface area contributed by atoms with Crippen molar-refractivity contribution in [1.29, 1.82) is 0 Å². The van der Waals surface area contributed by atoms with Gasteiger partial charge in [0.2, 0.25) is 0 Å². The van der Waals surface area contributed by atoms with E-state index in [-0.39, 0.29) is 5.69 Å². The van der Waals surface area contributed by atoms with Crippen LogP contribution < -0.4 is 5.69 Å². The zero-order valence-corrected chi connectivity index (χ0v) is 16.3. The van der Waals surface area contributed by atoms with Crippen molar-refractivity contribution in [1.82, 2.24) is 14.5 Å². The first-order valence-corrected chi connectivity index (χ1v) is 10.2. The predicted molar refractivity (Wildman–Crippen MR) is 105 cm³/mol. The van der Waals surface area contributed by atoms with Gasteiger partial charge in [0, 0.05) is 23.2 Å². The topological polar surface area (TPSA) is 47.8 Å². The molecule has 1 aliphatic carbocycles. The van der Waals surface area contributed by atoms with Crippen LogP contribution in [-0.4, -0.2) is 14.5 Å². The van der Waals surface area contributed by atoms with Crippen LogP contribution in [0.4, 0.5) is 13.2 Å². The molecular formula is C21H18F3N3OS. The summed E-state index contributed by atoms with van der Waals surface area (Å²) in [7, 11) is 0. The molecule has 0 radical (unpaired) electrons. The van der Waals surface area contributed by atoms with Crippen LogP contribution in [0.2, 0.25) is 0 Å². The Morgan fingerprint density at radius 3 is 2.55 bits per heavy atom. The molecule has 0 amide bonds. The fourth-order valence-corrected chi connectivity index (χ4v) is 4.50. The van der Waals surface area contributed by atoms with Crippen LogP contribution >= 0.6 is 11.8 Å². The molecule has 4 nitrogen and oxygen atoms in total.